The lowest BCUT2D eigenvalue weighted by Gasteiger charge is -2.10. The molecule has 0 atom stereocenters. The lowest BCUT2D eigenvalue weighted by Crippen LogP contribution is -2.25. The lowest BCUT2D eigenvalue weighted by atomic mass is 10.3. The molecule has 0 aliphatic carbocycles. The first kappa shape index (κ1) is 10.8. The van der Waals surface area contributed by atoms with Crippen molar-refractivity contribution in [1.29, 1.82) is 0 Å². The molecule has 0 bridgehead atoms. The number of ether oxygens (including phenoxy) is 1. The molecule has 14 heavy (non-hydrogen) atoms. The second-order valence-electron chi connectivity index (χ2n) is 2.84. The van der Waals surface area contributed by atoms with E-state index in [2.05, 4.69) is 0 Å². The minimum absolute atomic E-state index is 0.131. The van der Waals surface area contributed by atoms with E-state index >= 15 is 0 Å². The third-order valence-electron chi connectivity index (χ3n) is 1.46. The van der Waals surface area contributed by atoms with E-state index < -0.39 is 11.9 Å². The number of benzene rings is 1. The van der Waals surface area contributed by atoms with Gasteiger partial charge in [0, 0.05) is 19.1 Å². The predicted molar refractivity (Wildman–Crippen MR) is 51.1 cm³/mol. The topological polar surface area (TPSA) is 29.5 Å². The predicted octanol–water partition coefficient (Wildman–Crippen LogP) is 2.54. The molecular weight excluding hydrogens is 209 g/mol. The van der Waals surface area contributed by atoms with Crippen molar-refractivity contribution in [2.24, 2.45) is 0 Å². The molecule has 1 aromatic carbocycles. The number of hydrogen-bond donors (Lipinski definition) is 0. The summed E-state index contributed by atoms with van der Waals surface area (Å²) in [7, 11) is 3.02. The van der Waals surface area contributed by atoms with Crippen LogP contribution in [0.15, 0.2) is 18.2 Å². The Bertz CT molecular complexity index is 355. The summed E-state index contributed by atoms with van der Waals surface area (Å²) in [5, 5.41) is 0.257. The van der Waals surface area contributed by atoms with E-state index in [9.17, 15) is 9.18 Å². The Hall–Kier alpha value is -1.29. The molecule has 0 radical (unpaired) electrons. The Kier molecular flexibility index (Phi) is 3.30. The van der Waals surface area contributed by atoms with E-state index in [1.807, 2.05) is 0 Å². The molecule has 76 valence electrons. The molecule has 0 saturated heterocycles. The summed E-state index contributed by atoms with van der Waals surface area (Å²) < 4.78 is 17.8. The number of nitrogens with zero attached hydrogens (tertiary/aromatic N) is 1. The van der Waals surface area contributed by atoms with Crippen molar-refractivity contribution in [2.75, 3.05) is 14.1 Å². The van der Waals surface area contributed by atoms with Crippen molar-refractivity contribution in [3.05, 3.63) is 29.0 Å². The molecule has 0 aliphatic rings. The summed E-state index contributed by atoms with van der Waals surface area (Å²) in [5.41, 5.74) is 0. The molecule has 0 aliphatic heterocycles. The first-order valence-corrected chi connectivity index (χ1v) is 4.22. The Morgan fingerprint density at radius 3 is 2.64 bits per heavy atom. The Morgan fingerprint density at radius 1 is 1.50 bits per heavy atom. The molecule has 1 rings (SSSR count). The monoisotopic (exact) mass is 217 g/mol. The van der Waals surface area contributed by atoms with E-state index in [0.29, 0.717) is 0 Å². The zero-order valence-corrected chi connectivity index (χ0v) is 8.51. The van der Waals surface area contributed by atoms with Crippen LogP contribution in [0.1, 0.15) is 0 Å². The summed E-state index contributed by atoms with van der Waals surface area (Å²) in [6.07, 6.45) is -0.633. The van der Waals surface area contributed by atoms with Crippen LogP contribution in [0.5, 0.6) is 5.75 Å². The highest BCUT2D eigenvalue weighted by molar-refractivity contribution is 6.30. The smallest absolute Gasteiger partial charge is 0.407 e. The third-order valence-corrected chi connectivity index (χ3v) is 1.69. The van der Waals surface area contributed by atoms with Gasteiger partial charge in [0.25, 0.3) is 0 Å². The van der Waals surface area contributed by atoms with Crippen LogP contribution in [0.2, 0.25) is 5.02 Å². The molecule has 0 N–H and O–H groups in total. The molecule has 3 nitrogen and oxygen atoms in total. The average Bonchev–Trinajstić information content (AvgIpc) is 2.09. The summed E-state index contributed by atoms with van der Waals surface area (Å²) >= 11 is 5.53. The summed E-state index contributed by atoms with van der Waals surface area (Å²) in [4.78, 5) is 12.3. The molecule has 0 spiro atoms. The third kappa shape index (κ3) is 2.60. The molecule has 0 saturated carbocycles. The standard InChI is InChI=1S/C9H9ClFNO2/c1-12(2)9(13)14-8-4-3-6(10)5-7(8)11/h3-5H,1-2H3. The van der Waals surface area contributed by atoms with Gasteiger partial charge in [0.1, 0.15) is 0 Å². The van der Waals surface area contributed by atoms with Crippen LogP contribution in [0.4, 0.5) is 9.18 Å². The van der Waals surface area contributed by atoms with Gasteiger partial charge in [0.05, 0.1) is 0 Å². The molecule has 1 amide bonds. The quantitative estimate of drug-likeness (QED) is 0.724. The van der Waals surface area contributed by atoms with E-state index in [1.54, 1.807) is 0 Å². The first-order valence-electron chi connectivity index (χ1n) is 3.85. The first-order chi connectivity index (χ1) is 6.50. The highest BCUT2D eigenvalue weighted by Gasteiger charge is 2.10. The van der Waals surface area contributed by atoms with Gasteiger partial charge in [0.2, 0.25) is 0 Å². The van der Waals surface area contributed by atoms with Crippen molar-refractivity contribution >= 4 is 17.7 Å². The Labute approximate surface area is 86.0 Å². The van der Waals surface area contributed by atoms with Crippen LogP contribution >= 0.6 is 11.6 Å². The fraction of sp³-hybridized carbons (Fsp3) is 0.222. The van der Waals surface area contributed by atoms with Gasteiger partial charge in [-0.2, -0.15) is 0 Å². The fourth-order valence-electron chi connectivity index (χ4n) is 0.743. The van der Waals surface area contributed by atoms with Gasteiger partial charge in [-0.05, 0) is 18.2 Å². The second-order valence-corrected chi connectivity index (χ2v) is 3.27. The molecule has 1 aromatic rings. The van der Waals surface area contributed by atoms with Gasteiger partial charge in [-0.1, -0.05) is 11.6 Å². The van der Waals surface area contributed by atoms with Gasteiger partial charge in [-0.15, -0.1) is 0 Å². The summed E-state index contributed by atoms with van der Waals surface area (Å²) in [6.45, 7) is 0. The minimum atomic E-state index is -0.660. The highest BCUT2D eigenvalue weighted by Crippen LogP contribution is 2.21. The average molecular weight is 218 g/mol. The van der Waals surface area contributed by atoms with Crippen LogP contribution in [0.25, 0.3) is 0 Å². The lowest BCUT2D eigenvalue weighted by molar-refractivity contribution is 0.170. The van der Waals surface area contributed by atoms with E-state index in [4.69, 9.17) is 16.3 Å². The Morgan fingerprint density at radius 2 is 2.14 bits per heavy atom. The van der Waals surface area contributed by atoms with Crippen molar-refractivity contribution < 1.29 is 13.9 Å². The SMILES string of the molecule is CN(C)C(=O)Oc1ccc(Cl)cc1F. The maximum Gasteiger partial charge on any atom is 0.414 e. The molecule has 0 unspecified atom stereocenters. The van der Waals surface area contributed by atoms with Gasteiger partial charge in [-0.3, -0.25) is 0 Å². The van der Waals surface area contributed by atoms with E-state index in [1.165, 1.54) is 31.1 Å². The van der Waals surface area contributed by atoms with Gasteiger partial charge in [0.15, 0.2) is 11.6 Å². The number of rotatable bonds is 1. The molecule has 5 heteroatoms. The number of halogens is 2. The van der Waals surface area contributed by atoms with Gasteiger partial charge < -0.3 is 9.64 Å². The van der Waals surface area contributed by atoms with Gasteiger partial charge >= 0.3 is 6.09 Å². The van der Waals surface area contributed by atoms with Crippen LogP contribution in [0, 0.1) is 5.82 Å². The Balaban J connectivity index is 2.82. The number of amides is 1. The normalized spacial score (nSPS) is 9.71. The number of carbonyl (C=O) groups is 1. The van der Waals surface area contributed by atoms with Crippen LogP contribution in [-0.2, 0) is 0 Å². The maximum absolute atomic E-state index is 13.1. The largest absolute Gasteiger partial charge is 0.414 e. The minimum Gasteiger partial charge on any atom is -0.407 e. The second kappa shape index (κ2) is 4.28. The van der Waals surface area contributed by atoms with Gasteiger partial charge in [-0.25, -0.2) is 9.18 Å². The molecular formula is C9H9ClFNO2. The molecule has 0 aromatic heterocycles. The van der Waals surface area contributed by atoms with Crippen LogP contribution in [-0.4, -0.2) is 25.1 Å². The zero-order chi connectivity index (χ0) is 10.7. The van der Waals surface area contributed by atoms with Crippen molar-refractivity contribution in [3.63, 3.8) is 0 Å². The molecule has 0 fully saturated rings. The fourth-order valence-corrected chi connectivity index (χ4v) is 0.902. The van der Waals surface area contributed by atoms with E-state index in [-0.39, 0.29) is 10.8 Å². The van der Waals surface area contributed by atoms with Crippen LogP contribution < -0.4 is 4.74 Å². The number of carbonyl (C=O) groups excluding carboxylic acids is 1. The summed E-state index contributed by atoms with van der Waals surface area (Å²) in [6, 6.07) is 3.84. The number of hydrogen-bond acceptors (Lipinski definition) is 2. The van der Waals surface area contributed by atoms with E-state index in [0.717, 1.165) is 6.07 Å². The highest BCUT2D eigenvalue weighted by atomic mass is 35.5. The van der Waals surface area contributed by atoms with Crippen molar-refractivity contribution in [3.8, 4) is 5.75 Å². The molecule has 0 heterocycles. The van der Waals surface area contributed by atoms with Crippen LogP contribution in [0.3, 0.4) is 0 Å². The maximum atomic E-state index is 13.1. The summed E-state index contributed by atoms with van der Waals surface area (Å²) in [5.74, 6) is -0.791. The van der Waals surface area contributed by atoms with Crippen molar-refractivity contribution in [2.45, 2.75) is 0 Å². The zero-order valence-electron chi connectivity index (χ0n) is 7.75. The van der Waals surface area contributed by atoms with Crippen molar-refractivity contribution in [1.82, 2.24) is 4.90 Å².